The van der Waals surface area contributed by atoms with Gasteiger partial charge in [-0.2, -0.15) is 0 Å². The van der Waals surface area contributed by atoms with E-state index in [2.05, 4.69) is 9.97 Å². The Kier molecular flexibility index (Phi) is 5.36. The maximum Gasteiger partial charge on any atom is 0.330 e. The first-order valence-corrected chi connectivity index (χ1v) is 8.87. The van der Waals surface area contributed by atoms with Crippen molar-refractivity contribution < 1.29 is 0 Å². The lowest BCUT2D eigenvalue weighted by Gasteiger charge is -2.24. The molecule has 0 radical (unpaired) electrons. The van der Waals surface area contributed by atoms with Gasteiger partial charge in [0.05, 0.1) is 19.3 Å². The van der Waals surface area contributed by atoms with Crippen LogP contribution in [0.1, 0.15) is 18.3 Å². The van der Waals surface area contributed by atoms with Gasteiger partial charge in [-0.15, -0.1) is 0 Å². The molecule has 0 atom stereocenters. The molecular weight excluding hydrogens is 368 g/mol. The number of nitrogens with zero attached hydrogens (tertiary/aromatic N) is 4. The molecule has 27 heavy (non-hydrogen) atoms. The largest absolute Gasteiger partial charge is 0.383 e. The predicted molar refractivity (Wildman–Crippen MR) is 106 cm³/mol. The van der Waals surface area contributed by atoms with E-state index >= 15 is 0 Å². The molecule has 2 heterocycles. The summed E-state index contributed by atoms with van der Waals surface area (Å²) in [5, 5.41) is 0.497. The van der Waals surface area contributed by atoms with Gasteiger partial charge in [0.25, 0.3) is 5.56 Å². The number of aromatic amines is 1. The summed E-state index contributed by atoms with van der Waals surface area (Å²) in [6.45, 7) is 3.00. The molecule has 1 aromatic carbocycles. The van der Waals surface area contributed by atoms with Gasteiger partial charge >= 0.3 is 5.69 Å². The minimum atomic E-state index is -0.541. The van der Waals surface area contributed by atoms with Gasteiger partial charge in [0, 0.05) is 13.6 Å². The minimum absolute atomic E-state index is 0.120. The van der Waals surface area contributed by atoms with Crippen molar-refractivity contribution in [3.8, 4) is 0 Å². The average Bonchev–Trinajstić information content (AvgIpc) is 2.97. The molecule has 3 aromatic rings. The highest BCUT2D eigenvalue weighted by Crippen LogP contribution is 2.20. The predicted octanol–water partition coefficient (Wildman–Crippen LogP) is 1.58. The van der Waals surface area contributed by atoms with Crippen LogP contribution in [0, 0.1) is 0 Å². The third-order valence-corrected chi connectivity index (χ3v) is 4.81. The molecule has 3 rings (SSSR count). The highest BCUT2D eigenvalue weighted by molar-refractivity contribution is 6.29. The highest BCUT2D eigenvalue weighted by Gasteiger charge is 2.20. The molecule has 0 fully saturated rings. The maximum atomic E-state index is 12.5. The number of halogens is 1. The van der Waals surface area contributed by atoms with E-state index in [1.807, 2.05) is 37.3 Å². The third kappa shape index (κ3) is 3.75. The number of hydrogen-bond donors (Lipinski definition) is 2. The number of H-pyrrole nitrogens is 1. The number of nitrogen functional groups attached to an aromatic ring is 1. The molecule has 0 spiro atoms. The molecule has 142 valence electrons. The quantitative estimate of drug-likeness (QED) is 0.667. The van der Waals surface area contributed by atoms with Crippen molar-refractivity contribution in [3.05, 3.63) is 73.9 Å². The van der Waals surface area contributed by atoms with Crippen molar-refractivity contribution >= 4 is 23.1 Å². The van der Waals surface area contributed by atoms with Crippen molar-refractivity contribution in [1.29, 1.82) is 0 Å². The van der Waals surface area contributed by atoms with Crippen LogP contribution in [0.3, 0.4) is 0 Å². The van der Waals surface area contributed by atoms with Crippen LogP contribution in [0.4, 0.5) is 11.5 Å². The van der Waals surface area contributed by atoms with Gasteiger partial charge in [-0.1, -0.05) is 41.9 Å². The van der Waals surface area contributed by atoms with Crippen LogP contribution in [0.15, 0.2) is 46.1 Å². The minimum Gasteiger partial charge on any atom is -0.383 e. The van der Waals surface area contributed by atoms with Crippen LogP contribution in [0.5, 0.6) is 0 Å². The second kappa shape index (κ2) is 7.71. The Morgan fingerprint density at radius 1 is 1.26 bits per heavy atom. The molecule has 0 amide bonds. The second-order valence-electron chi connectivity index (χ2n) is 6.14. The van der Waals surface area contributed by atoms with E-state index in [0.29, 0.717) is 24.1 Å². The van der Waals surface area contributed by atoms with Gasteiger partial charge in [0.2, 0.25) is 0 Å². The summed E-state index contributed by atoms with van der Waals surface area (Å²) in [5.41, 5.74) is 6.34. The molecule has 0 aliphatic carbocycles. The Labute approximate surface area is 160 Å². The Morgan fingerprint density at radius 2 is 1.96 bits per heavy atom. The maximum absolute atomic E-state index is 12.5. The number of hydrogen-bond acceptors (Lipinski definition) is 5. The first-order valence-electron chi connectivity index (χ1n) is 8.50. The second-order valence-corrected chi connectivity index (χ2v) is 6.52. The fraction of sp³-hybridized carbons (Fsp3) is 0.278. The Hall–Kier alpha value is -3.00. The van der Waals surface area contributed by atoms with Crippen molar-refractivity contribution in [2.75, 3.05) is 17.2 Å². The number of aromatic nitrogens is 4. The van der Waals surface area contributed by atoms with E-state index in [1.165, 1.54) is 4.57 Å². The van der Waals surface area contributed by atoms with Crippen LogP contribution in [-0.4, -0.2) is 25.6 Å². The lowest BCUT2D eigenvalue weighted by Crippen LogP contribution is -2.38. The van der Waals surface area contributed by atoms with Crippen LogP contribution >= 0.6 is 11.6 Å². The SMILES string of the molecule is CCN(Cc1ncc(Cl)n1C)c1c(N)n(Cc2ccccc2)c(=O)[nH]c1=O. The molecule has 3 N–H and O–H groups in total. The molecule has 0 saturated heterocycles. The van der Waals surface area contributed by atoms with Crippen LogP contribution < -0.4 is 21.9 Å². The van der Waals surface area contributed by atoms with E-state index in [1.54, 1.807) is 22.7 Å². The summed E-state index contributed by atoms with van der Waals surface area (Å²) < 4.78 is 3.09. The van der Waals surface area contributed by atoms with Gasteiger partial charge in [0.1, 0.15) is 22.5 Å². The van der Waals surface area contributed by atoms with E-state index < -0.39 is 11.2 Å². The van der Waals surface area contributed by atoms with Crippen molar-refractivity contribution in [1.82, 2.24) is 19.1 Å². The molecule has 0 saturated carbocycles. The molecular formula is C18H21ClN6O2. The number of rotatable bonds is 6. The monoisotopic (exact) mass is 388 g/mol. The first kappa shape index (κ1) is 18.8. The summed E-state index contributed by atoms with van der Waals surface area (Å²) in [6, 6.07) is 9.44. The highest BCUT2D eigenvalue weighted by atomic mass is 35.5. The van der Waals surface area contributed by atoms with Crippen LogP contribution in [0.2, 0.25) is 5.15 Å². The lowest BCUT2D eigenvalue weighted by atomic mass is 10.2. The summed E-state index contributed by atoms with van der Waals surface area (Å²) >= 11 is 6.04. The normalized spacial score (nSPS) is 10.9. The average molecular weight is 389 g/mol. The van der Waals surface area contributed by atoms with Gasteiger partial charge in [0.15, 0.2) is 0 Å². The van der Waals surface area contributed by atoms with Gasteiger partial charge in [-0.05, 0) is 12.5 Å². The zero-order valence-electron chi connectivity index (χ0n) is 15.1. The standard InChI is InChI=1S/C18H21ClN6O2/c1-3-24(11-14-21-9-13(19)23(14)2)15-16(20)25(18(27)22-17(15)26)10-12-7-5-4-6-8-12/h4-9H,3,10-11,20H2,1-2H3,(H,22,26,27). The van der Waals surface area contributed by atoms with Gasteiger partial charge in [-0.3, -0.25) is 14.3 Å². The van der Waals surface area contributed by atoms with Crippen LogP contribution in [0.25, 0.3) is 0 Å². The Balaban J connectivity index is 2.03. The summed E-state index contributed by atoms with van der Waals surface area (Å²) in [7, 11) is 1.79. The van der Waals surface area contributed by atoms with Gasteiger partial charge < -0.3 is 15.2 Å². The summed E-state index contributed by atoms with van der Waals surface area (Å²) in [6.07, 6.45) is 1.55. The molecule has 0 aliphatic rings. The van der Waals surface area contributed by atoms with E-state index in [0.717, 1.165) is 5.56 Å². The van der Waals surface area contributed by atoms with E-state index in [-0.39, 0.29) is 18.1 Å². The lowest BCUT2D eigenvalue weighted by molar-refractivity contribution is 0.698. The number of nitrogens with one attached hydrogen (secondary N) is 1. The fourth-order valence-electron chi connectivity index (χ4n) is 2.90. The van der Waals surface area contributed by atoms with Crippen LogP contribution in [-0.2, 0) is 20.1 Å². The molecule has 0 unspecified atom stereocenters. The first-order chi connectivity index (χ1) is 12.9. The Morgan fingerprint density at radius 3 is 2.56 bits per heavy atom. The van der Waals surface area contributed by atoms with Crippen molar-refractivity contribution in [2.24, 2.45) is 7.05 Å². The van der Waals surface area contributed by atoms with E-state index in [9.17, 15) is 9.59 Å². The van der Waals surface area contributed by atoms with Crippen molar-refractivity contribution in [3.63, 3.8) is 0 Å². The van der Waals surface area contributed by atoms with Gasteiger partial charge in [-0.25, -0.2) is 9.78 Å². The molecule has 8 nitrogen and oxygen atoms in total. The Bertz CT molecular complexity index is 1050. The number of benzene rings is 1. The molecule has 0 bridgehead atoms. The molecule has 9 heteroatoms. The topological polar surface area (TPSA) is 102 Å². The zero-order valence-corrected chi connectivity index (χ0v) is 15.9. The number of nitrogens with two attached hydrogens (primary N) is 1. The summed E-state index contributed by atoms with van der Waals surface area (Å²) in [5.74, 6) is 0.802. The fourth-order valence-corrected chi connectivity index (χ4v) is 3.04. The van der Waals surface area contributed by atoms with E-state index in [4.69, 9.17) is 17.3 Å². The molecule has 0 aliphatic heterocycles. The molecule has 2 aromatic heterocycles. The van der Waals surface area contributed by atoms with Crippen molar-refractivity contribution in [2.45, 2.75) is 20.0 Å². The number of imidazole rings is 1. The third-order valence-electron chi connectivity index (χ3n) is 4.46. The summed E-state index contributed by atoms with van der Waals surface area (Å²) in [4.78, 5) is 33.2. The number of anilines is 2. The smallest absolute Gasteiger partial charge is 0.330 e. The zero-order chi connectivity index (χ0) is 19.6.